The van der Waals surface area contributed by atoms with E-state index in [4.69, 9.17) is 5.21 Å². The van der Waals surface area contributed by atoms with Crippen LogP contribution in [-0.2, 0) is 6.54 Å². The maximum Gasteiger partial charge on any atom is 0.274 e. The van der Waals surface area contributed by atoms with Crippen molar-refractivity contribution in [2.45, 2.75) is 39.7 Å². The van der Waals surface area contributed by atoms with Gasteiger partial charge in [-0.1, -0.05) is 26.0 Å². The van der Waals surface area contributed by atoms with E-state index in [0.29, 0.717) is 12.1 Å². The summed E-state index contributed by atoms with van der Waals surface area (Å²) in [7, 11) is 0. The average molecular weight is 308 g/mol. The Morgan fingerprint density at radius 3 is 2.59 bits per heavy atom. The molecule has 3 N–H and O–H groups in total. The van der Waals surface area contributed by atoms with Gasteiger partial charge in [0.25, 0.3) is 5.91 Å². The average Bonchev–Trinajstić information content (AvgIpc) is 2.54. The van der Waals surface area contributed by atoms with Gasteiger partial charge in [0.2, 0.25) is 0 Å². The smallest absolute Gasteiger partial charge is 0.274 e. The molecule has 1 rings (SSSR count). The maximum atomic E-state index is 14.0. The molecule has 0 aliphatic carbocycles. The highest BCUT2D eigenvalue weighted by Crippen LogP contribution is 2.30. The molecule has 0 unspecified atom stereocenters. The third kappa shape index (κ3) is 4.64. The maximum absolute atomic E-state index is 14.0. The predicted octanol–water partition coefficient (Wildman–Crippen LogP) is 3.42. The molecule has 0 fully saturated rings. The van der Waals surface area contributed by atoms with Crippen molar-refractivity contribution in [1.29, 1.82) is 0 Å². The number of allylic oxidation sites excluding steroid dienone is 1. The minimum atomic E-state index is -0.722. The van der Waals surface area contributed by atoms with Gasteiger partial charge in [0, 0.05) is 24.2 Å². The fourth-order valence-electron chi connectivity index (χ4n) is 2.53. The van der Waals surface area contributed by atoms with Gasteiger partial charge in [0.1, 0.15) is 5.82 Å². The summed E-state index contributed by atoms with van der Waals surface area (Å²) >= 11 is 0. The number of amides is 1. The molecule has 0 saturated heterocycles. The van der Waals surface area contributed by atoms with Crippen LogP contribution < -0.4 is 10.8 Å². The number of rotatable bonds is 9. The second-order valence-electron chi connectivity index (χ2n) is 5.55. The lowest BCUT2D eigenvalue weighted by molar-refractivity contribution is 0.0706. The van der Waals surface area contributed by atoms with E-state index >= 15 is 0 Å². The van der Waals surface area contributed by atoms with E-state index in [1.165, 1.54) is 11.5 Å². The predicted molar refractivity (Wildman–Crippen MR) is 85.2 cm³/mol. The van der Waals surface area contributed by atoms with Crippen LogP contribution in [0.5, 0.6) is 0 Å². The van der Waals surface area contributed by atoms with Gasteiger partial charge in [-0.15, -0.1) is 6.58 Å². The van der Waals surface area contributed by atoms with E-state index in [1.807, 2.05) is 6.08 Å². The lowest BCUT2D eigenvalue weighted by Crippen LogP contribution is -2.33. The van der Waals surface area contributed by atoms with Crippen molar-refractivity contribution in [3.63, 3.8) is 0 Å². The molecule has 0 aromatic heterocycles. The fraction of sp³-hybridized carbons (Fsp3) is 0.471. The Labute approximate surface area is 131 Å². The molecule has 0 atom stereocenters. The Balaban J connectivity index is 2.68. The molecule has 0 saturated carbocycles. The summed E-state index contributed by atoms with van der Waals surface area (Å²) in [5.41, 5.74) is 2.22. The first kappa shape index (κ1) is 18.3. The van der Waals surface area contributed by atoms with Gasteiger partial charge in [-0.3, -0.25) is 10.0 Å². The van der Waals surface area contributed by atoms with Crippen molar-refractivity contribution < 1.29 is 14.4 Å². The minimum Gasteiger partial charge on any atom is -0.312 e. The largest absolute Gasteiger partial charge is 0.312 e. The molecule has 0 spiro atoms. The first-order valence-electron chi connectivity index (χ1n) is 7.56. The van der Waals surface area contributed by atoms with Crippen molar-refractivity contribution in [2.24, 2.45) is 5.41 Å². The van der Waals surface area contributed by atoms with Gasteiger partial charge in [-0.2, -0.15) is 0 Å². The van der Waals surface area contributed by atoms with E-state index in [0.717, 1.165) is 31.9 Å². The zero-order chi connectivity index (χ0) is 16.6. The Morgan fingerprint density at radius 2 is 2.09 bits per heavy atom. The second kappa shape index (κ2) is 8.66. The molecular formula is C17H25FN2O2. The molecule has 0 aliphatic heterocycles. The van der Waals surface area contributed by atoms with E-state index in [2.05, 4.69) is 25.7 Å². The summed E-state index contributed by atoms with van der Waals surface area (Å²) in [6, 6.07) is 4.17. The summed E-state index contributed by atoms with van der Waals surface area (Å²) in [6.45, 7) is 9.29. The third-order valence-corrected chi connectivity index (χ3v) is 4.31. The summed E-state index contributed by atoms with van der Waals surface area (Å²) in [6.07, 6.45) is 4.91. The molecule has 0 aliphatic rings. The van der Waals surface area contributed by atoms with E-state index in [-0.39, 0.29) is 11.0 Å². The molecule has 0 heterocycles. The van der Waals surface area contributed by atoms with Crippen LogP contribution in [0.2, 0.25) is 0 Å². The summed E-state index contributed by atoms with van der Waals surface area (Å²) in [5.74, 6) is -1.18. The number of benzene rings is 1. The van der Waals surface area contributed by atoms with Gasteiger partial charge in [-0.05, 0) is 36.8 Å². The van der Waals surface area contributed by atoms with Gasteiger partial charge in [-0.25, -0.2) is 9.87 Å². The van der Waals surface area contributed by atoms with Gasteiger partial charge < -0.3 is 5.32 Å². The molecule has 1 amide bonds. The number of hydrogen-bond donors (Lipinski definition) is 3. The topological polar surface area (TPSA) is 61.4 Å². The zero-order valence-electron chi connectivity index (χ0n) is 13.3. The molecule has 5 heteroatoms. The minimum absolute atomic E-state index is 0.0897. The zero-order valence-corrected chi connectivity index (χ0v) is 13.3. The third-order valence-electron chi connectivity index (χ3n) is 4.31. The number of carbonyl (C=O) groups is 1. The highest BCUT2D eigenvalue weighted by molar-refractivity contribution is 5.93. The van der Waals surface area contributed by atoms with E-state index < -0.39 is 11.7 Å². The number of carbonyl (C=O) groups excluding carboxylic acids is 1. The molecule has 1 aromatic rings. The summed E-state index contributed by atoms with van der Waals surface area (Å²) < 4.78 is 14.0. The first-order valence-corrected chi connectivity index (χ1v) is 7.56. The standard InChI is InChI=1S/C17H25FN2O2/c1-4-9-17(5-2,6-3)12-19-11-14-8-7-13(10-15(14)18)16(21)20-22/h4,7-8,10,19,22H,1,5-6,9,11-12H2,2-3H3,(H,20,21). The number of nitrogens with one attached hydrogen (secondary N) is 2. The van der Waals surface area contributed by atoms with Crippen molar-refractivity contribution in [2.75, 3.05) is 6.54 Å². The molecule has 1 aromatic carbocycles. The molecule has 4 nitrogen and oxygen atoms in total. The van der Waals surface area contributed by atoms with Crippen LogP contribution in [0.4, 0.5) is 4.39 Å². The lowest BCUT2D eigenvalue weighted by Gasteiger charge is -2.31. The first-order chi connectivity index (χ1) is 10.5. The molecular weight excluding hydrogens is 283 g/mol. The van der Waals surface area contributed by atoms with Crippen LogP contribution in [0.3, 0.4) is 0 Å². The van der Waals surface area contributed by atoms with Crippen LogP contribution in [0, 0.1) is 11.2 Å². The highest BCUT2D eigenvalue weighted by atomic mass is 19.1. The Morgan fingerprint density at radius 1 is 1.41 bits per heavy atom. The summed E-state index contributed by atoms with van der Waals surface area (Å²) in [5, 5.41) is 11.8. The van der Waals surface area contributed by atoms with Crippen LogP contribution in [0.1, 0.15) is 49.0 Å². The molecule has 122 valence electrons. The van der Waals surface area contributed by atoms with Gasteiger partial charge in [0.15, 0.2) is 0 Å². The number of halogens is 1. The van der Waals surface area contributed by atoms with Crippen molar-refractivity contribution >= 4 is 5.91 Å². The Kier molecular flexibility index (Phi) is 7.21. The van der Waals surface area contributed by atoms with Crippen molar-refractivity contribution in [3.8, 4) is 0 Å². The van der Waals surface area contributed by atoms with Crippen molar-refractivity contribution in [1.82, 2.24) is 10.8 Å². The Hall–Kier alpha value is -1.72. The number of hydroxylamine groups is 1. The molecule has 22 heavy (non-hydrogen) atoms. The van der Waals surface area contributed by atoms with Crippen LogP contribution in [-0.4, -0.2) is 17.7 Å². The van der Waals surface area contributed by atoms with Gasteiger partial charge in [0.05, 0.1) is 0 Å². The SMILES string of the molecule is C=CCC(CC)(CC)CNCc1ccc(C(=O)NO)cc1F. The van der Waals surface area contributed by atoms with Crippen LogP contribution >= 0.6 is 0 Å². The van der Waals surface area contributed by atoms with Crippen molar-refractivity contribution in [3.05, 3.63) is 47.8 Å². The van der Waals surface area contributed by atoms with Crippen LogP contribution in [0.15, 0.2) is 30.9 Å². The quantitative estimate of drug-likeness (QED) is 0.372. The number of hydrogen-bond acceptors (Lipinski definition) is 3. The van der Waals surface area contributed by atoms with E-state index in [9.17, 15) is 9.18 Å². The highest BCUT2D eigenvalue weighted by Gasteiger charge is 2.24. The lowest BCUT2D eigenvalue weighted by atomic mass is 9.79. The molecule has 0 radical (unpaired) electrons. The van der Waals surface area contributed by atoms with E-state index in [1.54, 1.807) is 6.07 Å². The normalized spacial score (nSPS) is 11.3. The Bertz CT molecular complexity index is 513. The fourth-order valence-corrected chi connectivity index (χ4v) is 2.53. The van der Waals surface area contributed by atoms with Gasteiger partial charge >= 0.3 is 0 Å². The molecule has 0 bridgehead atoms. The monoisotopic (exact) mass is 308 g/mol. The van der Waals surface area contributed by atoms with Crippen LogP contribution in [0.25, 0.3) is 0 Å². The second-order valence-corrected chi connectivity index (χ2v) is 5.55. The summed E-state index contributed by atoms with van der Waals surface area (Å²) in [4.78, 5) is 11.2.